The molecule has 100 valence electrons. The molecule has 19 heavy (non-hydrogen) atoms. The van der Waals surface area contributed by atoms with Gasteiger partial charge in [-0.3, -0.25) is 9.36 Å². The maximum atomic E-state index is 13.8. The molecule has 1 fully saturated rings. The summed E-state index contributed by atoms with van der Waals surface area (Å²) >= 11 is 0. The van der Waals surface area contributed by atoms with Crippen molar-refractivity contribution in [3.63, 3.8) is 0 Å². The molecule has 1 unspecified atom stereocenters. The van der Waals surface area contributed by atoms with Crippen LogP contribution in [0.15, 0.2) is 27.8 Å². The van der Waals surface area contributed by atoms with E-state index >= 15 is 0 Å². The summed E-state index contributed by atoms with van der Waals surface area (Å²) in [6.45, 7) is 1.45. The number of hydrogen-bond acceptors (Lipinski definition) is 3. The minimum absolute atomic E-state index is 0.0448. The molecule has 6 heteroatoms. The Kier molecular flexibility index (Phi) is 2.74. The van der Waals surface area contributed by atoms with Crippen LogP contribution in [0.2, 0.25) is 0 Å². The third-order valence-corrected chi connectivity index (χ3v) is 3.64. The summed E-state index contributed by atoms with van der Waals surface area (Å²) in [6, 6.07) is 4.05. The fraction of sp³-hybridized carbons (Fsp3) is 0.385. The molecule has 0 aliphatic carbocycles. The Balaban J connectivity index is 2.29. The quantitative estimate of drug-likeness (QED) is 0.824. The molecule has 1 aromatic carbocycles. The van der Waals surface area contributed by atoms with E-state index in [0.717, 1.165) is 17.5 Å². The first-order valence-electron chi connectivity index (χ1n) is 6.19. The van der Waals surface area contributed by atoms with Gasteiger partial charge in [-0.05, 0) is 32.1 Å². The molecule has 2 heterocycles. The van der Waals surface area contributed by atoms with Crippen molar-refractivity contribution in [1.29, 1.82) is 0 Å². The topological polar surface area (TPSA) is 58.1 Å². The third kappa shape index (κ3) is 1.88. The third-order valence-electron chi connectivity index (χ3n) is 3.64. The van der Waals surface area contributed by atoms with Crippen LogP contribution in [0, 0.1) is 5.82 Å². The Bertz CT molecular complexity index is 750. The van der Waals surface area contributed by atoms with Crippen LogP contribution in [0.4, 0.5) is 4.39 Å². The van der Waals surface area contributed by atoms with E-state index in [1.54, 1.807) is 0 Å². The predicted octanol–water partition coefficient (Wildman–Crippen LogP) is 0.705. The monoisotopic (exact) mass is 263 g/mol. The normalized spacial score (nSPS) is 20.2. The van der Waals surface area contributed by atoms with Crippen molar-refractivity contribution in [2.24, 2.45) is 0 Å². The van der Waals surface area contributed by atoms with Crippen LogP contribution in [0.5, 0.6) is 0 Å². The Labute approximate surface area is 108 Å². The molecule has 1 aliphatic rings. The van der Waals surface area contributed by atoms with Crippen molar-refractivity contribution < 1.29 is 4.39 Å². The molecule has 1 aromatic heterocycles. The zero-order valence-corrected chi connectivity index (χ0v) is 10.5. The first-order chi connectivity index (χ1) is 9.08. The number of fused-ring (bicyclic) bond motifs is 1. The van der Waals surface area contributed by atoms with Crippen LogP contribution in [-0.2, 0) is 0 Å². The molecule has 1 aliphatic heterocycles. The average Bonchev–Trinajstić information content (AvgIpc) is 2.75. The second-order valence-electron chi connectivity index (χ2n) is 4.97. The van der Waals surface area contributed by atoms with Gasteiger partial charge in [-0.15, -0.1) is 0 Å². The maximum Gasteiger partial charge on any atom is 0.329 e. The highest BCUT2D eigenvalue weighted by Gasteiger charge is 2.25. The van der Waals surface area contributed by atoms with Crippen LogP contribution in [0.3, 0.4) is 0 Å². The molecule has 1 atom stereocenters. The molecule has 0 amide bonds. The van der Waals surface area contributed by atoms with Gasteiger partial charge in [0.05, 0.1) is 16.9 Å². The van der Waals surface area contributed by atoms with E-state index in [2.05, 4.69) is 4.98 Å². The van der Waals surface area contributed by atoms with Gasteiger partial charge in [0.15, 0.2) is 0 Å². The smallest absolute Gasteiger partial charge is 0.307 e. The molecule has 0 bridgehead atoms. The van der Waals surface area contributed by atoms with Gasteiger partial charge >= 0.3 is 5.69 Å². The molecule has 1 saturated heterocycles. The molecule has 1 N–H and O–H groups in total. The van der Waals surface area contributed by atoms with Crippen molar-refractivity contribution in [2.45, 2.75) is 12.5 Å². The van der Waals surface area contributed by atoms with Crippen molar-refractivity contribution in [2.75, 3.05) is 20.1 Å². The van der Waals surface area contributed by atoms with Crippen LogP contribution in [0.25, 0.3) is 10.9 Å². The van der Waals surface area contributed by atoms with Crippen LogP contribution in [0.1, 0.15) is 12.5 Å². The van der Waals surface area contributed by atoms with Crippen molar-refractivity contribution in [3.8, 4) is 0 Å². The van der Waals surface area contributed by atoms with Gasteiger partial charge < -0.3 is 9.88 Å². The van der Waals surface area contributed by atoms with E-state index in [1.165, 1.54) is 18.2 Å². The number of aromatic nitrogens is 2. The second kappa shape index (κ2) is 4.31. The van der Waals surface area contributed by atoms with Crippen LogP contribution in [-0.4, -0.2) is 34.6 Å². The standard InChI is InChI=1S/C13H14FN3O2/c1-16-6-5-8(7-16)17-12(18)11-9(14)3-2-4-10(11)15-13(17)19/h2-4,8H,5-7H2,1H3,(H,15,19). The van der Waals surface area contributed by atoms with Crippen molar-refractivity contribution in [1.82, 2.24) is 14.5 Å². The van der Waals surface area contributed by atoms with Crippen LogP contribution >= 0.6 is 0 Å². The number of likely N-dealkylation sites (N-methyl/N-ethyl adjacent to an activating group) is 1. The molecule has 0 radical (unpaired) electrons. The first-order valence-corrected chi connectivity index (χ1v) is 6.19. The molecule has 2 aromatic rings. The van der Waals surface area contributed by atoms with Crippen LogP contribution < -0.4 is 11.2 Å². The number of hydrogen-bond donors (Lipinski definition) is 1. The highest BCUT2D eigenvalue weighted by Crippen LogP contribution is 2.18. The van der Waals surface area contributed by atoms with Crippen molar-refractivity contribution in [3.05, 3.63) is 44.9 Å². The maximum absolute atomic E-state index is 13.8. The SMILES string of the molecule is CN1CCC(n2c(=O)[nH]c3cccc(F)c3c2=O)C1. The lowest BCUT2D eigenvalue weighted by Gasteiger charge is -2.13. The Morgan fingerprint density at radius 3 is 2.84 bits per heavy atom. The summed E-state index contributed by atoms with van der Waals surface area (Å²) < 4.78 is 14.9. The fourth-order valence-electron chi connectivity index (χ4n) is 2.69. The summed E-state index contributed by atoms with van der Waals surface area (Å²) in [5.41, 5.74) is -0.766. The van der Waals surface area contributed by atoms with E-state index < -0.39 is 17.1 Å². The number of H-pyrrole nitrogens is 1. The zero-order valence-electron chi connectivity index (χ0n) is 10.5. The van der Waals surface area contributed by atoms with E-state index in [0.29, 0.717) is 6.54 Å². The van der Waals surface area contributed by atoms with Gasteiger partial charge in [-0.1, -0.05) is 6.07 Å². The Morgan fingerprint density at radius 2 is 2.16 bits per heavy atom. The van der Waals surface area contributed by atoms with Gasteiger partial charge in [0.2, 0.25) is 0 Å². The predicted molar refractivity (Wildman–Crippen MR) is 69.9 cm³/mol. The number of halogens is 1. The first kappa shape index (κ1) is 12.1. The summed E-state index contributed by atoms with van der Waals surface area (Å²) in [6.07, 6.45) is 0.722. The van der Waals surface area contributed by atoms with Gasteiger partial charge in [-0.25, -0.2) is 9.18 Å². The number of rotatable bonds is 1. The highest BCUT2D eigenvalue weighted by atomic mass is 19.1. The molecule has 0 spiro atoms. The molecular formula is C13H14FN3O2. The second-order valence-corrected chi connectivity index (χ2v) is 4.97. The molecule has 3 rings (SSSR count). The Hall–Kier alpha value is -1.95. The van der Waals surface area contributed by atoms with E-state index in [1.807, 2.05) is 11.9 Å². The van der Waals surface area contributed by atoms with Gasteiger partial charge in [0.1, 0.15) is 5.82 Å². The largest absolute Gasteiger partial charge is 0.329 e. The lowest BCUT2D eigenvalue weighted by Crippen LogP contribution is -2.39. The average molecular weight is 263 g/mol. The molecular weight excluding hydrogens is 249 g/mol. The lowest BCUT2D eigenvalue weighted by atomic mass is 10.2. The van der Waals surface area contributed by atoms with E-state index in [-0.39, 0.29) is 16.9 Å². The number of aromatic amines is 1. The summed E-state index contributed by atoms with van der Waals surface area (Å²) in [7, 11) is 1.93. The summed E-state index contributed by atoms with van der Waals surface area (Å²) in [5.74, 6) is -0.598. The van der Waals surface area contributed by atoms with Crippen molar-refractivity contribution >= 4 is 10.9 Å². The fourth-order valence-corrected chi connectivity index (χ4v) is 2.69. The van der Waals surface area contributed by atoms with E-state index in [9.17, 15) is 14.0 Å². The minimum Gasteiger partial charge on any atom is -0.307 e. The van der Waals surface area contributed by atoms with Gasteiger partial charge in [0.25, 0.3) is 5.56 Å². The van der Waals surface area contributed by atoms with Gasteiger partial charge in [0, 0.05) is 6.54 Å². The zero-order chi connectivity index (χ0) is 13.6. The summed E-state index contributed by atoms with van der Waals surface area (Å²) in [4.78, 5) is 29.0. The summed E-state index contributed by atoms with van der Waals surface area (Å²) in [5, 5.41) is -0.0448. The molecule has 0 saturated carbocycles. The van der Waals surface area contributed by atoms with Gasteiger partial charge in [-0.2, -0.15) is 0 Å². The lowest BCUT2D eigenvalue weighted by molar-refractivity contribution is 0.386. The minimum atomic E-state index is -0.598. The number of nitrogens with zero attached hydrogens (tertiary/aromatic N) is 2. The number of likely N-dealkylation sites (tertiary alicyclic amines) is 1. The number of benzene rings is 1. The highest BCUT2D eigenvalue weighted by molar-refractivity contribution is 5.77. The van der Waals surface area contributed by atoms with E-state index in [4.69, 9.17) is 0 Å². The molecule has 5 nitrogen and oxygen atoms in total. The number of nitrogens with one attached hydrogen (secondary N) is 1. The Morgan fingerprint density at radius 1 is 1.37 bits per heavy atom.